The Morgan fingerprint density at radius 2 is 1.81 bits per heavy atom. The number of ether oxygens (including phenoxy) is 1. The Balaban J connectivity index is 1.03. The van der Waals surface area contributed by atoms with E-state index in [4.69, 9.17) is 4.74 Å². The van der Waals surface area contributed by atoms with Gasteiger partial charge in [0.25, 0.3) is 0 Å². The Hall–Kier alpha value is -4.24. The Kier molecular flexibility index (Phi) is 9.82. The molecule has 0 saturated carbocycles. The van der Waals surface area contributed by atoms with Crippen LogP contribution >= 0.6 is 0 Å². The van der Waals surface area contributed by atoms with Crippen molar-refractivity contribution >= 4 is 23.8 Å². The number of carbonyl (C=O) groups is 2. The highest BCUT2D eigenvalue weighted by atomic mass is 19.1. The molecule has 3 aromatic rings. The van der Waals surface area contributed by atoms with Crippen LogP contribution in [0.2, 0.25) is 0 Å². The second-order valence-electron chi connectivity index (χ2n) is 11.0. The highest BCUT2D eigenvalue weighted by Gasteiger charge is 2.28. The standard InChI is InChI=1S/C33H38FN5O3/c1-25-22-37(18-19-39(25)33(41)42-24-26-6-3-2-4-7-26)23-27-10-11-29(35-21-27)12-13-32(40)38-16-14-30(15-17-38)36-31-9-5-8-28(34)20-31/h2-13,20-21,25,30,36H,14-19,22-24H2,1H3/t25-/m0/s1. The number of carbonyl (C=O) groups excluding carboxylic acids is 2. The lowest BCUT2D eigenvalue weighted by Gasteiger charge is -2.39. The molecule has 0 bridgehead atoms. The van der Waals surface area contributed by atoms with Crippen LogP contribution in [0, 0.1) is 5.82 Å². The smallest absolute Gasteiger partial charge is 0.410 e. The fourth-order valence-electron chi connectivity index (χ4n) is 5.46. The molecule has 0 aliphatic carbocycles. The van der Waals surface area contributed by atoms with E-state index in [-0.39, 0.29) is 36.5 Å². The first-order valence-electron chi connectivity index (χ1n) is 14.6. The summed E-state index contributed by atoms with van der Waals surface area (Å²) in [6.07, 6.45) is 6.53. The van der Waals surface area contributed by atoms with E-state index in [9.17, 15) is 14.0 Å². The van der Waals surface area contributed by atoms with E-state index in [1.54, 1.807) is 23.1 Å². The van der Waals surface area contributed by atoms with E-state index in [0.717, 1.165) is 55.0 Å². The number of halogens is 1. The summed E-state index contributed by atoms with van der Waals surface area (Å²) in [6, 6.07) is 20.4. The van der Waals surface area contributed by atoms with E-state index < -0.39 is 0 Å². The molecule has 2 aromatic carbocycles. The maximum atomic E-state index is 13.4. The van der Waals surface area contributed by atoms with Crippen molar-refractivity contribution in [3.05, 3.63) is 102 Å². The van der Waals surface area contributed by atoms with Gasteiger partial charge in [-0.15, -0.1) is 0 Å². The lowest BCUT2D eigenvalue weighted by Crippen LogP contribution is -2.53. The molecule has 2 aliphatic heterocycles. The normalized spacial score (nSPS) is 18.3. The molecule has 3 heterocycles. The minimum absolute atomic E-state index is 0.0285. The van der Waals surface area contributed by atoms with Crippen molar-refractivity contribution < 1.29 is 18.7 Å². The van der Waals surface area contributed by atoms with Gasteiger partial charge in [-0.2, -0.15) is 0 Å². The Morgan fingerprint density at radius 3 is 2.52 bits per heavy atom. The van der Waals surface area contributed by atoms with Gasteiger partial charge in [0.1, 0.15) is 12.4 Å². The van der Waals surface area contributed by atoms with Gasteiger partial charge in [-0.25, -0.2) is 9.18 Å². The highest BCUT2D eigenvalue weighted by Crippen LogP contribution is 2.19. The Bertz CT molecular complexity index is 1360. The van der Waals surface area contributed by atoms with Gasteiger partial charge in [0.2, 0.25) is 5.91 Å². The number of rotatable bonds is 8. The van der Waals surface area contributed by atoms with Crippen molar-refractivity contribution in [2.75, 3.05) is 38.0 Å². The van der Waals surface area contributed by atoms with Crippen molar-refractivity contribution in [2.45, 2.75) is 45.0 Å². The van der Waals surface area contributed by atoms with Crippen LogP contribution in [0.15, 0.2) is 79.0 Å². The molecule has 220 valence electrons. The number of hydrogen-bond donors (Lipinski definition) is 1. The van der Waals surface area contributed by atoms with E-state index in [1.165, 1.54) is 12.1 Å². The van der Waals surface area contributed by atoms with Crippen LogP contribution in [0.25, 0.3) is 6.08 Å². The van der Waals surface area contributed by atoms with Crippen molar-refractivity contribution in [2.24, 2.45) is 0 Å². The number of likely N-dealkylation sites (tertiary alicyclic amines) is 1. The summed E-state index contributed by atoms with van der Waals surface area (Å²) in [6.45, 7) is 6.49. The topological polar surface area (TPSA) is 78.0 Å². The van der Waals surface area contributed by atoms with Gasteiger partial charge < -0.3 is 19.9 Å². The molecule has 2 fully saturated rings. The fraction of sp³-hybridized carbons (Fsp3) is 0.364. The molecule has 8 nitrogen and oxygen atoms in total. The zero-order valence-electron chi connectivity index (χ0n) is 24.0. The molecule has 0 unspecified atom stereocenters. The zero-order chi connectivity index (χ0) is 29.3. The molecule has 1 atom stereocenters. The van der Waals surface area contributed by atoms with Gasteiger partial charge in [0, 0.05) is 69.3 Å². The summed E-state index contributed by atoms with van der Waals surface area (Å²) in [5.74, 6) is -0.287. The third-order valence-electron chi connectivity index (χ3n) is 7.80. The number of hydrogen-bond acceptors (Lipinski definition) is 6. The van der Waals surface area contributed by atoms with E-state index >= 15 is 0 Å². The van der Waals surface area contributed by atoms with E-state index in [0.29, 0.717) is 19.6 Å². The first-order chi connectivity index (χ1) is 20.4. The Morgan fingerprint density at radius 1 is 1.00 bits per heavy atom. The van der Waals surface area contributed by atoms with Gasteiger partial charge in [-0.3, -0.25) is 14.7 Å². The summed E-state index contributed by atoms with van der Waals surface area (Å²) in [5.41, 5.74) is 3.56. The van der Waals surface area contributed by atoms with Gasteiger partial charge in [0.05, 0.1) is 5.69 Å². The van der Waals surface area contributed by atoms with Crippen LogP contribution in [-0.4, -0.2) is 76.5 Å². The number of nitrogens with one attached hydrogen (secondary N) is 1. The monoisotopic (exact) mass is 571 g/mol. The van der Waals surface area contributed by atoms with Crippen molar-refractivity contribution in [3.63, 3.8) is 0 Å². The lowest BCUT2D eigenvalue weighted by atomic mass is 10.0. The molecule has 42 heavy (non-hydrogen) atoms. The van der Waals surface area contributed by atoms with Gasteiger partial charge in [-0.1, -0.05) is 42.5 Å². The first-order valence-corrected chi connectivity index (χ1v) is 14.6. The summed E-state index contributed by atoms with van der Waals surface area (Å²) < 4.78 is 19.0. The number of piperidine rings is 1. The second kappa shape index (κ2) is 14.1. The van der Waals surface area contributed by atoms with Crippen LogP contribution in [0.3, 0.4) is 0 Å². The van der Waals surface area contributed by atoms with Crippen LogP contribution in [-0.2, 0) is 22.7 Å². The predicted molar refractivity (Wildman–Crippen MR) is 161 cm³/mol. The molecule has 9 heteroatoms. The average molecular weight is 572 g/mol. The SMILES string of the molecule is C[C@H]1CN(Cc2ccc(C=CC(=O)N3CCC(Nc4cccc(F)c4)CC3)nc2)CCN1C(=O)OCc1ccccc1. The third-order valence-corrected chi connectivity index (χ3v) is 7.80. The molecular weight excluding hydrogens is 533 g/mol. The maximum absolute atomic E-state index is 13.4. The van der Waals surface area contributed by atoms with Crippen molar-refractivity contribution in [1.29, 1.82) is 0 Å². The van der Waals surface area contributed by atoms with E-state index in [1.807, 2.05) is 66.6 Å². The molecule has 2 aliphatic rings. The molecule has 1 aromatic heterocycles. The van der Waals surface area contributed by atoms with Gasteiger partial charge >= 0.3 is 6.09 Å². The van der Waals surface area contributed by atoms with Crippen LogP contribution < -0.4 is 5.32 Å². The average Bonchev–Trinajstić information content (AvgIpc) is 3.00. The van der Waals surface area contributed by atoms with Gasteiger partial charge in [0.15, 0.2) is 0 Å². The molecule has 0 spiro atoms. The lowest BCUT2D eigenvalue weighted by molar-refractivity contribution is -0.126. The first kappa shape index (κ1) is 29.3. The largest absolute Gasteiger partial charge is 0.445 e. The summed E-state index contributed by atoms with van der Waals surface area (Å²) >= 11 is 0. The van der Waals surface area contributed by atoms with Crippen molar-refractivity contribution in [1.82, 2.24) is 19.7 Å². The predicted octanol–water partition coefficient (Wildman–Crippen LogP) is 5.18. The molecule has 1 N–H and O–H groups in total. The number of anilines is 1. The molecule has 2 amide bonds. The minimum Gasteiger partial charge on any atom is -0.445 e. The van der Waals surface area contributed by atoms with Gasteiger partial charge in [-0.05, 0) is 61.2 Å². The van der Waals surface area contributed by atoms with Crippen molar-refractivity contribution in [3.8, 4) is 0 Å². The van der Waals surface area contributed by atoms with E-state index in [2.05, 4.69) is 15.2 Å². The number of amides is 2. The molecule has 0 radical (unpaired) electrons. The summed E-state index contributed by atoms with van der Waals surface area (Å²) in [7, 11) is 0. The van der Waals surface area contributed by atoms with Crippen LogP contribution in [0.5, 0.6) is 0 Å². The highest BCUT2D eigenvalue weighted by molar-refractivity contribution is 5.91. The summed E-state index contributed by atoms with van der Waals surface area (Å²) in [4.78, 5) is 35.8. The molecule has 2 saturated heterocycles. The molecule has 5 rings (SSSR count). The molecular formula is C33H38FN5O3. The Labute approximate surface area is 246 Å². The summed E-state index contributed by atoms with van der Waals surface area (Å²) in [5, 5.41) is 3.36. The second-order valence-corrected chi connectivity index (χ2v) is 11.0. The number of benzene rings is 2. The number of aromatic nitrogens is 1. The van der Waals surface area contributed by atoms with Crippen LogP contribution in [0.4, 0.5) is 14.9 Å². The quantitative estimate of drug-likeness (QED) is 0.376. The number of piperazine rings is 1. The number of pyridine rings is 1. The van der Waals surface area contributed by atoms with Crippen LogP contribution in [0.1, 0.15) is 36.6 Å². The minimum atomic E-state index is -0.275. The zero-order valence-corrected chi connectivity index (χ0v) is 24.0. The third kappa shape index (κ3) is 8.16. The number of nitrogens with zero attached hydrogens (tertiary/aromatic N) is 4. The fourth-order valence-corrected chi connectivity index (χ4v) is 5.46. The maximum Gasteiger partial charge on any atom is 0.410 e.